The molecule has 0 saturated carbocycles. The maximum absolute atomic E-state index is 15.3. The lowest BCUT2D eigenvalue weighted by Gasteiger charge is -2.53. The molecular formula is C23H24ClF2N2O6S2-. The molecule has 1 saturated heterocycles. The lowest BCUT2D eigenvalue weighted by atomic mass is 9.68. The van der Waals surface area contributed by atoms with Crippen LogP contribution < -0.4 is 9.46 Å². The molecule has 1 amide bonds. The molecule has 2 aliphatic heterocycles. The van der Waals surface area contributed by atoms with Crippen LogP contribution in [0, 0.1) is 11.6 Å². The Morgan fingerprint density at radius 3 is 2.47 bits per heavy atom. The van der Waals surface area contributed by atoms with E-state index in [-0.39, 0.29) is 40.6 Å². The van der Waals surface area contributed by atoms with Crippen molar-refractivity contribution in [1.29, 1.82) is 0 Å². The Bertz CT molecular complexity index is 1440. The second-order valence-electron chi connectivity index (χ2n) is 8.70. The van der Waals surface area contributed by atoms with Crippen LogP contribution in [0.3, 0.4) is 0 Å². The molecule has 36 heavy (non-hydrogen) atoms. The molecule has 2 aromatic rings. The summed E-state index contributed by atoms with van der Waals surface area (Å²) in [7, 11) is -7.89. The molecule has 1 fully saturated rings. The van der Waals surface area contributed by atoms with Gasteiger partial charge >= 0.3 is 0 Å². The van der Waals surface area contributed by atoms with Crippen LogP contribution in [0.5, 0.6) is 5.75 Å². The van der Waals surface area contributed by atoms with Gasteiger partial charge in [-0.2, -0.15) is 0 Å². The topological polar surface area (TPSA) is 116 Å². The van der Waals surface area contributed by atoms with Crippen molar-refractivity contribution in [3.8, 4) is 5.75 Å². The monoisotopic (exact) mass is 561 g/mol. The zero-order valence-electron chi connectivity index (χ0n) is 19.4. The molecule has 13 heteroatoms. The van der Waals surface area contributed by atoms with Crippen molar-refractivity contribution in [2.45, 2.75) is 36.6 Å². The SMILES string of the molecule is CCS(=O)(=O)NCC(=O)N1CCC(=S(=O)([O-])c2ccc(Cl)cc2)[C@]2(C)c3c(F)ccc(F)c3OC[C@H]12. The number of benzene rings is 2. The number of fused-ring (bicyclic) bond motifs is 3. The summed E-state index contributed by atoms with van der Waals surface area (Å²) in [4.78, 5) is 14.2. The predicted octanol–water partition coefficient (Wildman–Crippen LogP) is 2.45. The molecule has 4 rings (SSSR count). The van der Waals surface area contributed by atoms with Gasteiger partial charge in [0.15, 0.2) is 11.6 Å². The first-order chi connectivity index (χ1) is 16.8. The molecule has 1 N–H and O–H groups in total. The van der Waals surface area contributed by atoms with Gasteiger partial charge in [-0.25, -0.2) is 21.9 Å². The van der Waals surface area contributed by atoms with E-state index in [1.807, 2.05) is 0 Å². The van der Waals surface area contributed by atoms with E-state index in [9.17, 15) is 26.4 Å². The zero-order chi connectivity index (χ0) is 26.5. The van der Waals surface area contributed by atoms with Gasteiger partial charge in [0.1, 0.15) is 12.4 Å². The van der Waals surface area contributed by atoms with Gasteiger partial charge < -0.3 is 14.2 Å². The van der Waals surface area contributed by atoms with Crippen LogP contribution >= 0.6 is 11.6 Å². The Labute approximate surface area is 213 Å². The van der Waals surface area contributed by atoms with Gasteiger partial charge in [0.25, 0.3) is 0 Å². The minimum atomic E-state index is -4.20. The first kappa shape index (κ1) is 26.8. The van der Waals surface area contributed by atoms with Crippen molar-refractivity contribution >= 4 is 42.2 Å². The van der Waals surface area contributed by atoms with E-state index in [0.717, 1.165) is 12.1 Å². The number of ether oxygens (including phenoxy) is 1. The van der Waals surface area contributed by atoms with Crippen LogP contribution in [0.25, 0.3) is 0 Å². The molecule has 8 nitrogen and oxygen atoms in total. The summed E-state index contributed by atoms with van der Waals surface area (Å²) in [5, 5.41) is 0.322. The molecule has 2 heterocycles. The third kappa shape index (κ3) is 4.49. The Morgan fingerprint density at radius 1 is 1.19 bits per heavy atom. The molecule has 3 atom stereocenters. The number of hydrogen-bond donors (Lipinski definition) is 1. The summed E-state index contributed by atoms with van der Waals surface area (Å²) in [6.45, 7) is 1.87. The number of nitrogens with one attached hydrogen (secondary N) is 1. The molecule has 0 spiro atoms. The summed E-state index contributed by atoms with van der Waals surface area (Å²) < 4.78 is 89.0. The van der Waals surface area contributed by atoms with Gasteiger partial charge in [-0.3, -0.25) is 9.00 Å². The molecular weight excluding hydrogens is 538 g/mol. The Hall–Kier alpha value is -2.25. The fraction of sp³-hybridized carbons (Fsp3) is 0.391. The predicted molar refractivity (Wildman–Crippen MR) is 130 cm³/mol. The number of hydrogen-bond acceptors (Lipinski definition) is 6. The van der Waals surface area contributed by atoms with Gasteiger partial charge in [-0.15, -0.1) is 0 Å². The number of carbonyl (C=O) groups excluding carboxylic acids is 1. The smallest absolute Gasteiger partial charge is 0.238 e. The normalized spacial score (nSPS) is 23.3. The Balaban J connectivity index is 1.90. The number of nitrogens with zero attached hydrogens (tertiary/aromatic N) is 1. The molecule has 0 aliphatic carbocycles. The summed E-state index contributed by atoms with van der Waals surface area (Å²) in [6, 6.07) is 6.18. The lowest BCUT2D eigenvalue weighted by molar-refractivity contribution is -0.135. The van der Waals surface area contributed by atoms with Crippen molar-refractivity contribution in [2.24, 2.45) is 0 Å². The van der Waals surface area contributed by atoms with E-state index in [1.165, 1.54) is 43.0 Å². The number of sulfonamides is 1. The van der Waals surface area contributed by atoms with E-state index in [1.54, 1.807) is 0 Å². The maximum Gasteiger partial charge on any atom is 0.238 e. The van der Waals surface area contributed by atoms with Gasteiger partial charge in [-0.1, -0.05) is 21.4 Å². The Kier molecular flexibility index (Phi) is 7.12. The third-order valence-corrected chi connectivity index (χ3v) is 10.5. The van der Waals surface area contributed by atoms with Gasteiger partial charge in [0.05, 0.1) is 23.8 Å². The quantitative estimate of drug-likeness (QED) is 0.561. The van der Waals surface area contributed by atoms with Crippen LogP contribution in [-0.4, -0.2) is 64.3 Å². The van der Waals surface area contributed by atoms with Crippen molar-refractivity contribution in [2.75, 3.05) is 25.4 Å². The number of rotatable bonds is 5. The van der Waals surface area contributed by atoms with Crippen LogP contribution in [0.2, 0.25) is 5.02 Å². The standard InChI is InChI=1S/C23H25ClF2N2O6S2/c1-3-35(30,31)27-12-20(29)28-11-10-19(36(32,33)15-6-4-14(24)5-7-15)23(2)18(28)13-34-22-17(26)9-8-16(25)21(22)23/h4-9,18,27H,3,10-13H2,1-2H3,(H,32,33)/p-1/t18-,23+/m0/s1. The van der Waals surface area contributed by atoms with Crippen LogP contribution in [0.15, 0.2) is 41.3 Å². The van der Waals surface area contributed by atoms with E-state index >= 15 is 4.39 Å². The highest BCUT2D eigenvalue weighted by atomic mass is 35.5. The first-order valence-electron chi connectivity index (χ1n) is 11.1. The van der Waals surface area contributed by atoms with Crippen LogP contribution in [-0.2, 0) is 30.0 Å². The number of halogens is 3. The molecule has 0 radical (unpaired) electrons. The largest absolute Gasteiger partial charge is 0.774 e. The molecule has 0 bridgehead atoms. The highest BCUT2D eigenvalue weighted by Gasteiger charge is 2.54. The number of piperidine rings is 1. The van der Waals surface area contributed by atoms with Crippen molar-refractivity contribution in [1.82, 2.24) is 9.62 Å². The molecule has 0 aromatic heterocycles. The molecule has 2 aromatic carbocycles. The summed E-state index contributed by atoms with van der Waals surface area (Å²) in [5.41, 5.74) is -2.01. The highest BCUT2D eigenvalue weighted by Crippen LogP contribution is 2.48. The first-order valence-corrected chi connectivity index (χ1v) is 14.6. The lowest BCUT2D eigenvalue weighted by Crippen LogP contribution is -2.66. The van der Waals surface area contributed by atoms with Gasteiger partial charge in [-0.05, 0) is 61.5 Å². The number of amides is 1. The van der Waals surface area contributed by atoms with E-state index in [2.05, 4.69) is 4.72 Å². The molecule has 2 aliphatic rings. The fourth-order valence-electron chi connectivity index (χ4n) is 4.86. The average Bonchev–Trinajstić information content (AvgIpc) is 2.83. The highest BCUT2D eigenvalue weighted by molar-refractivity contribution is 7.97. The average molecular weight is 562 g/mol. The Morgan fingerprint density at radius 2 is 1.83 bits per heavy atom. The minimum Gasteiger partial charge on any atom is -0.774 e. The van der Waals surface area contributed by atoms with Crippen LogP contribution in [0.1, 0.15) is 25.8 Å². The third-order valence-electron chi connectivity index (χ3n) is 6.76. The molecule has 1 unspecified atom stereocenters. The van der Waals surface area contributed by atoms with Crippen molar-refractivity contribution in [3.05, 3.63) is 58.6 Å². The summed E-state index contributed by atoms with van der Waals surface area (Å²) >= 11 is 5.91. The van der Waals surface area contributed by atoms with Gasteiger partial charge in [0, 0.05) is 22.0 Å². The second kappa shape index (κ2) is 9.56. The maximum atomic E-state index is 15.3. The summed E-state index contributed by atoms with van der Waals surface area (Å²) in [5.74, 6) is -3.05. The van der Waals surface area contributed by atoms with E-state index in [0.29, 0.717) is 5.02 Å². The van der Waals surface area contributed by atoms with E-state index in [4.69, 9.17) is 16.3 Å². The number of likely N-dealkylation sites (tertiary alicyclic amines) is 1. The molecule has 196 valence electrons. The van der Waals surface area contributed by atoms with Crippen molar-refractivity contribution < 1.29 is 35.5 Å². The van der Waals surface area contributed by atoms with Gasteiger partial charge in [0.2, 0.25) is 15.9 Å². The van der Waals surface area contributed by atoms with E-state index < -0.39 is 61.1 Å². The number of carbonyl (C=O) groups is 1. The second-order valence-corrected chi connectivity index (χ2v) is 13.2. The van der Waals surface area contributed by atoms with Crippen molar-refractivity contribution in [3.63, 3.8) is 0 Å². The minimum absolute atomic E-state index is 0.0813. The van der Waals surface area contributed by atoms with Crippen LogP contribution in [0.4, 0.5) is 8.78 Å². The fourth-order valence-corrected chi connectivity index (χ4v) is 7.47. The summed E-state index contributed by atoms with van der Waals surface area (Å²) in [6.07, 6.45) is -0.181. The zero-order valence-corrected chi connectivity index (χ0v) is 21.8.